The fourth-order valence-electron chi connectivity index (χ4n) is 3.83. The molecule has 12 heteroatoms. The van der Waals surface area contributed by atoms with Crippen molar-refractivity contribution >= 4 is 31.6 Å². The summed E-state index contributed by atoms with van der Waals surface area (Å²) in [5, 5.41) is 2.77. The monoisotopic (exact) mass is 553 g/mol. The van der Waals surface area contributed by atoms with Crippen LogP contribution in [-0.2, 0) is 24.8 Å². The molecule has 1 saturated heterocycles. The van der Waals surface area contributed by atoms with Crippen molar-refractivity contribution in [3.05, 3.63) is 48.5 Å². The normalized spacial score (nSPS) is 15.5. The highest BCUT2D eigenvalue weighted by atomic mass is 32.2. The van der Waals surface area contributed by atoms with Gasteiger partial charge in [0, 0.05) is 20.1 Å². The molecule has 2 aromatic rings. The van der Waals surface area contributed by atoms with Gasteiger partial charge >= 0.3 is 0 Å². The minimum absolute atomic E-state index is 0.201. The van der Waals surface area contributed by atoms with E-state index in [1.54, 1.807) is 36.4 Å². The molecule has 1 heterocycles. The van der Waals surface area contributed by atoms with Crippen LogP contribution in [0.3, 0.4) is 0 Å². The highest BCUT2D eigenvalue weighted by Gasteiger charge is 2.25. The van der Waals surface area contributed by atoms with E-state index < -0.39 is 26.2 Å². The SMILES string of the molecule is CCC(Oc1ccc(N(C)S(C)(=O)=O)cc1)C(=O)NCCOc1ccc(S(=O)(=O)N2CCCCC2)cc1. The minimum atomic E-state index is -3.49. The number of carbonyl (C=O) groups is 1. The molecule has 10 nitrogen and oxygen atoms in total. The molecule has 2 aromatic carbocycles. The van der Waals surface area contributed by atoms with Crippen LogP contribution in [0.1, 0.15) is 32.6 Å². The van der Waals surface area contributed by atoms with Gasteiger partial charge in [-0.15, -0.1) is 0 Å². The Morgan fingerprint density at radius 1 is 0.973 bits per heavy atom. The van der Waals surface area contributed by atoms with Gasteiger partial charge < -0.3 is 14.8 Å². The molecule has 0 aliphatic carbocycles. The number of hydrogen-bond acceptors (Lipinski definition) is 7. The van der Waals surface area contributed by atoms with Gasteiger partial charge in [0.25, 0.3) is 5.91 Å². The van der Waals surface area contributed by atoms with Crippen LogP contribution < -0.4 is 19.1 Å². The summed E-state index contributed by atoms with van der Waals surface area (Å²) in [6.07, 6.45) is 3.65. The number of nitrogens with zero attached hydrogens (tertiary/aromatic N) is 2. The van der Waals surface area contributed by atoms with Gasteiger partial charge in [-0.05, 0) is 67.8 Å². The lowest BCUT2D eigenvalue weighted by Gasteiger charge is -2.25. The zero-order chi connectivity index (χ0) is 27.1. The number of hydrogen-bond donors (Lipinski definition) is 1. The van der Waals surface area contributed by atoms with Crippen LogP contribution in [0.2, 0.25) is 0 Å². The van der Waals surface area contributed by atoms with Crippen LogP contribution in [0, 0.1) is 0 Å². The first-order valence-corrected chi connectivity index (χ1v) is 15.5. The lowest BCUT2D eigenvalue weighted by atomic mass is 10.2. The fraction of sp³-hybridized carbons (Fsp3) is 0.480. The van der Waals surface area contributed by atoms with E-state index in [1.807, 2.05) is 6.92 Å². The van der Waals surface area contributed by atoms with Crippen molar-refractivity contribution in [1.29, 1.82) is 0 Å². The lowest BCUT2D eigenvalue weighted by molar-refractivity contribution is -0.128. The molecule has 1 unspecified atom stereocenters. The third-order valence-corrected chi connectivity index (χ3v) is 9.20. The molecule has 0 bridgehead atoms. The largest absolute Gasteiger partial charge is 0.492 e. The predicted octanol–water partition coefficient (Wildman–Crippen LogP) is 2.61. The number of piperidine rings is 1. The van der Waals surface area contributed by atoms with Gasteiger partial charge in [-0.3, -0.25) is 9.10 Å². The summed E-state index contributed by atoms with van der Waals surface area (Å²) in [5.41, 5.74) is 0.488. The number of ether oxygens (including phenoxy) is 2. The van der Waals surface area contributed by atoms with Crippen LogP contribution >= 0.6 is 0 Å². The first-order chi connectivity index (χ1) is 17.5. The van der Waals surface area contributed by atoms with Crippen LogP contribution in [-0.4, -0.2) is 72.7 Å². The summed E-state index contributed by atoms with van der Waals surface area (Å²) in [7, 11) is -5.40. The average molecular weight is 554 g/mol. The molecular weight excluding hydrogens is 518 g/mol. The number of anilines is 1. The third-order valence-electron chi connectivity index (χ3n) is 6.09. The maximum Gasteiger partial charge on any atom is 0.261 e. The Balaban J connectivity index is 1.46. The number of carbonyl (C=O) groups excluding carboxylic acids is 1. The van der Waals surface area contributed by atoms with E-state index in [9.17, 15) is 21.6 Å². The second-order valence-electron chi connectivity index (χ2n) is 8.81. The van der Waals surface area contributed by atoms with E-state index in [-0.39, 0.29) is 24.0 Å². The summed E-state index contributed by atoms with van der Waals surface area (Å²) in [4.78, 5) is 12.8. The fourth-order valence-corrected chi connectivity index (χ4v) is 5.85. The summed E-state index contributed by atoms with van der Waals surface area (Å²) in [6, 6.07) is 12.8. The second-order valence-corrected chi connectivity index (χ2v) is 12.8. The van der Waals surface area contributed by atoms with Crippen LogP contribution in [0.25, 0.3) is 0 Å². The first-order valence-electron chi connectivity index (χ1n) is 12.2. The van der Waals surface area contributed by atoms with Crippen molar-refractivity contribution in [2.24, 2.45) is 0 Å². The summed E-state index contributed by atoms with van der Waals surface area (Å²) in [6.45, 7) is 3.37. The molecule has 1 fully saturated rings. The van der Waals surface area contributed by atoms with Gasteiger partial charge in [-0.1, -0.05) is 13.3 Å². The van der Waals surface area contributed by atoms with Gasteiger partial charge in [0.1, 0.15) is 18.1 Å². The summed E-state index contributed by atoms with van der Waals surface area (Å²) >= 11 is 0. The molecule has 1 atom stereocenters. The molecule has 0 radical (unpaired) electrons. The predicted molar refractivity (Wildman–Crippen MR) is 142 cm³/mol. The molecule has 1 amide bonds. The van der Waals surface area contributed by atoms with Gasteiger partial charge in [-0.2, -0.15) is 4.31 Å². The van der Waals surface area contributed by atoms with Gasteiger partial charge in [0.05, 0.1) is 23.4 Å². The van der Waals surface area contributed by atoms with Crippen LogP contribution in [0.15, 0.2) is 53.4 Å². The van der Waals surface area contributed by atoms with Crippen molar-refractivity contribution < 1.29 is 31.1 Å². The molecule has 0 spiro atoms. The Morgan fingerprint density at radius 3 is 2.14 bits per heavy atom. The van der Waals surface area contributed by atoms with E-state index in [0.29, 0.717) is 36.7 Å². The zero-order valence-electron chi connectivity index (χ0n) is 21.4. The van der Waals surface area contributed by atoms with E-state index in [1.165, 1.54) is 23.5 Å². The smallest absolute Gasteiger partial charge is 0.261 e. The topological polar surface area (TPSA) is 122 Å². The third kappa shape index (κ3) is 7.83. The number of rotatable bonds is 12. The zero-order valence-corrected chi connectivity index (χ0v) is 23.1. The first kappa shape index (κ1) is 28.7. The molecule has 1 aliphatic rings. The van der Waals surface area contributed by atoms with Crippen molar-refractivity contribution in [2.45, 2.75) is 43.6 Å². The van der Waals surface area contributed by atoms with Crippen LogP contribution in [0.4, 0.5) is 5.69 Å². The number of benzene rings is 2. The molecule has 3 rings (SSSR count). The molecule has 0 aromatic heterocycles. The minimum Gasteiger partial charge on any atom is -0.492 e. The number of amides is 1. The van der Waals surface area contributed by atoms with E-state index in [2.05, 4.69) is 5.32 Å². The lowest BCUT2D eigenvalue weighted by Crippen LogP contribution is -2.39. The quantitative estimate of drug-likeness (QED) is 0.401. The Kier molecular flexibility index (Phi) is 9.80. The highest BCUT2D eigenvalue weighted by molar-refractivity contribution is 7.92. The maximum atomic E-state index is 12.7. The van der Waals surface area contributed by atoms with Gasteiger partial charge in [-0.25, -0.2) is 16.8 Å². The second kappa shape index (κ2) is 12.6. The number of sulfonamides is 2. The standard InChI is InChI=1S/C25H35N3O7S2/c1-4-24(35-22-10-8-20(9-11-22)27(2)36(3,30)31)25(29)26-16-19-34-21-12-14-23(15-13-21)37(32,33)28-17-6-5-7-18-28/h8-15,24H,4-7,16-19H2,1-3H3,(H,26,29). The Bertz CT molecular complexity index is 1240. The van der Waals surface area contributed by atoms with E-state index in [0.717, 1.165) is 29.8 Å². The van der Waals surface area contributed by atoms with Crippen molar-refractivity contribution in [3.8, 4) is 11.5 Å². The average Bonchev–Trinajstić information content (AvgIpc) is 2.89. The van der Waals surface area contributed by atoms with Crippen molar-refractivity contribution in [1.82, 2.24) is 9.62 Å². The summed E-state index contributed by atoms with van der Waals surface area (Å²) < 4.78 is 62.9. The highest BCUT2D eigenvalue weighted by Crippen LogP contribution is 2.23. The Morgan fingerprint density at radius 2 is 1.57 bits per heavy atom. The van der Waals surface area contributed by atoms with E-state index >= 15 is 0 Å². The van der Waals surface area contributed by atoms with Gasteiger partial charge in [0.15, 0.2) is 6.10 Å². The van der Waals surface area contributed by atoms with Crippen LogP contribution in [0.5, 0.6) is 11.5 Å². The van der Waals surface area contributed by atoms with E-state index in [4.69, 9.17) is 9.47 Å². The Hall–Kier alpha value is -2.83. The maximum absolute atomic E-state index is 12.7. The van der Waals surface area contributed by atoms with Crippen molar-refractivity contribution in [2.75, 3.05) is 43.8 Å². The molecule has 1 N–H and O–H groups in total. The van der Waals surface area contributed by atoms with Crippen molar-refractivity contribution in [3.63, 3.8) is 0 Å². The molecule has 0 saturated carbocycles. The van der Waals surface area contributed by atoms with Gasteiger partial charge in [0.2, 0.25) is 20.0 Å². The molecule has 37 heavy (non-hydrogen) atoms. The molecular formula is C25H35N3O7S2. The Labute approximate surface area is 219 Å². The molecule has 1 aliphatic heterocycles. The number of nitrogens with one attached hydrogen (secondary N) is 1. The molecule has 204 valence electrons. The summed E-state index contributed by atoms with van der Waals surface area (Å²) in [5.74, 6) is 0.657.